The highest BCUT2D eigenvalue weighted by Crippen LogP contribution is 2.10. The van der Waals surface area contributed by atoms with E-state index < -0.39 is 10.0 Å². The van der Waals surface area contributed by atoms with Crippen molar-refractivity contribution < 1.29 is 8.42 Å². The number of hydrogen-bond donors (Lipinski definition) is 2. The second-order valence-electron chi connectivity index (χ2n) is 4.30. The van der Waals surface area contributed by atoms with Crippen LogP contribution in [-0.2, 0) is 23.0 Å². The smallest absolute Gasteiger partial charge is 0.240 e. The molecule has 0 radical (unpaired) electrons. The number of aromatic nitrogens is 1. The summed E-state index contributed by atoms with van der Waals surface area (Å²) in [5, 5.41) is 4.94. The first kappa shape index (κ1) is 15.1. The summed E-state index contributed by atoms with van der Waals surface area (Å²) in [6.45, 7) is 1.07. The molecule has 0 bridgehead atoms. The number of sulfonamides is 1. The summed E-state index contributed by atoms with van der Waals surface area (Å²) in [4.78, 5) is 4.40. The van der Waals surface area contributed by atoms with Gasteiger partial charge < -0.3 is 5.32 Å². The first-order chi connectivity index (χ1) is 9.62. The van der Waals surface area contributed by atoms with Crippen LogP contribution in [-0.4, -0.2) is 27.0 Å². The van der Waals surface area contributed by atoms with Crippen molar-refractivity contribution >= 4 is 21.4 Å². The third kappa shape index (κ3) is 4.11. The average molecular weight is 311 g/mol. The molecule has 0 saturated carbocycles. The molecule has 0 fully saturated rings. The number of nitrogens with one attached hydrogen (secondary N) is 2. The van der Waals surface area contributed by atoms with Crippen LogP contribution in [0.2, 0.25) is 0 Å². The molecule has 1 aromatic carbocycles. The third-order valence-electron chi connectivity index (χ3n) is 2.77. The van der Waals surface area contributed by atoms with Crippen LogP contribution in [0.4, 0.5) is 0 Å². The lowest BCUT2D eigenvalue weighted by molar-refractivity contribution is 0.581. The van der Waals surface area contributed by atoms with Gasteiger partial charge in [-0.2, -0.15) is 0 Å². The minimum absolute atomic E-state index is 0.288. The van der Waals surface area contributed by atoms with E-state index in [0.29, 0.717) is 13.0 Å². The Balaban J connectivity index is 1.95. The number of nitrogens with zero attached hydrogens (tertiary/aromatic N) is 1. The summed E-state index contributed by atoms with van der Waals surface area (Å²) >= 11 is 1.51. The van der Waals surface area contributed by atoms with Gasteiger partial charge in [-0.05, 0) is 24.7 Å². The molecular formula is C13H17N3O2S2. The summed E-state index contributed by atoms with van der Waals surface area (Å²) in [6, 6.07) is 6.87. The fourth-order valence-electron chi connectivity index (χ4n) is 1.75. The lowest BCUT2D eigenvalue weighted by Crippen LogP contribution is -2.26. The zero-order valence-corrected chi connectivity index (χ0v) is 12.8. The summed E-state index contributed by atoms with van der Waals surface area (Å²) in [7, 11) is -1.59. The zero-order chi connectivity index (χ0) is 14.4. The molecule has 0 atom stereocenters. The normalized spacial score (nSPS) is 11.7. The first-order valence-electron chi connectivity index (χ1n) is 6.22. The van der Waals surface area contributed by atoms with Gasteiger partial charge in [0, 0.05) is 24.9 Å². The molecule has 0 aliphatic heterocycles. The van der Waals surface area contributed by atoms with E-state index in [1.165, 1.54) is 11.3 Å². The van der Waals surface area contributed by atoms with Gasteiger partial charge in [-0.3, -0.25) is 0 Å². The van der Waals surface area contributed by atoms with Crippen LogP contribution in [0.1, 0.15) is 11.3 Å². The Morgan fingerprint density at radius 3 is 2.60 bits per heavy atom. The quantitative estimate of drug-likeness (QED) is 0.810. The van der Waals surface area contributed by atoms with Crippen LogP contribution in [0.15, 0.2) is 40.1 Å². The van der Waals surface area contributed by atoms with Crippen molar-refractivity contribution in [1.82, 2.24) is 15.0 Å². The Bertz CT molecular complexity index is 622. The molecule has 0 aliphatic rings. The second kappa shape index (κ2) is 6.94. The molecule has 2 aromatic rings. The monoisotopic (exact) mass is 311 g/mol. The van der Waals surface area contributed by atoms with Gasteiger partial charge >= 0.3 is 0 Å². The van der Waals surface area contributed by atoms with Crippen molar-refractivity contribution in [3.8, 4) is 0 Å². The molecule has 0 aliphatic carbocycles. The van der Waals surface area contributed by atoms with E-state index in [-0.39, 0.29) is 4.90 Å². The van der Waals surface area contributed by atoms with E-state index >= 15 is 0 Å². The average Bonchev–Trinajstić information content (AvgIpc) is 2.93. The van der Waals surface area contributed by atoms with Gasteiger partial charge in [-0.25, -0.2) is 18.1 Å². The number of benzene rings is 1. The van der Waals surface area contributed by atoms with Gasteiger partial charge in [0.15, 0.2) is 0 Å². The predicted octanol–water partition coefficient (Wildman–Crippen LogP) is 1.38. The van der Waals surface area contributed by atoms with Crippen molar-refractivity contribution in [1.29, 1.82) is 0 Å². The molecule has 2 N–H and O–H groups in total. The van der Waals surface area contributed by atoms with Crippen molar-refractivity contribution in [2.75, 3.05) is 13.6 Å². The number of thiazole rings is 1. The molecule has 1 aromatic heterocycles. The lowest BCUT2D eigenvalue weighted by Gasteiger charge is -2.07. The van der Waals surface area contributed by atoms with E-state index in [0.717, 1.165) is 17.8 Å². The van der Waals surface area contributed by atoms with E-state index in [9.17, 15) is 8.42 Å². The molecule has 0 amide bonds. The van der Waals surface area contributed by atoms with Crippen molar-refractivity contribution in [2.45, 2.75) is 17.9 Å². The van der Waals surface area contributed by atoms with Gasteiger partial charge in [0.25, 0.3) is 0 Å². The standard InChI is InChI=1S/C13H17N3O2S2/c1-14-8-11-2-4-13(5-3-11)20(17,18)16-7-6-12-9-19-10-15-12/h2-5,9-10,14,16H,6-8H2,1H3. The fourth-order valence-corrected chi connectivity index (χ4v) is 3.37. The topological polar surface area (TPSA) is 71.1 Å². The molecule has 7 heteroatoms. The molecule has 2 rings (SSSR count). The summed E-state index contributed by atoms with van der Waals surface area (Å²) in [5.41, 5.74) is 3.70. The van der Waals surface area contributed by atoms with E-state index in [4.69, 9.17) is 0 Å². The third-order valence-corrected chi connectivity index (χ3v) is 4.88. The molecule has 108 valence electrons. The maximum absolute atomic E-state index is 12.1. The van der Waals surface area contributed by atoms with Gasteiger partial charge in [0.1, 0.15) is 0 Å². The minimum Gasteiger partial charge on any atom is -0.316 e. The molecule has 0 spiro atoms. The highest BCUT2D eigenvalue weighted by atomic mass is 32.2. The van der Waals surface area contributed by atoms with E-state index in [2.05, 4.69) is 15.0 Å². The maximum atomic E-state index is 12.1. The summed E-state index contributed by atoms with van der Waals surface area (Å²) in [5.74, 6) is 0. The Morgan fingerprint density at radius 1 is 1.25 bits per heavy atom. The second-order valence-corrected chi connectivity index (χ2v) is 6.79. The van der Waals surface area contributed by atoms with Crippen LogP contribution in [0, 0.1) is 0 Å². The van der Waals surface area contributed by atoms with Gasteiger partial charge in [-0.1, -0.05) is 12.1 Å². The highest BCUT2D eigenvalue weighted by Gasteiger charge is 2.13. The largest absolute Gasteiger partial charge is 0.316 e. The maximum Gasteiger partial charge on any atom is 0.240 e. The van der Waals surface area contributed by atoms with Crippen LogP contribution in [0.25, 0.3) is 0 Å². The highest BCUT2D eigenvalue weighted by molar-refractivity contribution is 7.89. The Labute approximate surface area is 123 Å². The van der Waals surface area contributed by atoms with Gasteiger partial charge in [-0.15, -0.1) is 11.3 Å². The predicted molar refractivity (Wildman–Crippen MR) is 80.2 cm³/mol. The summed E-state index contributed by atoms with van der Waals surface area (Å²) in [6.07, 6.45) is 0.598. The molecule has 0 unspecified atom stereocenters. The fraction of sp³-hybridized carbons (Fsp3) is 0.308. The minimum atomic E-state index is -3.44. The van der Waals surface area contributed by atoms with Crippen LogP contribution in [0.5, 0.6) is 0 Å². The van der Waals surface area contributed by atoms with E-state index in [1.54, 1.807) is 17.6 Å². The van der Waals surface area contributed by atoms with Crippen LogP contribution >= 0.6 is 11.3 Å². The van der Waals surface area contributed by atoms with Gasteiger partial charge in [0.2, 0.25) is 10.0 Å². The molecular weight excluding hydrogens is 294 g/mol. The van der Waals surface area contributed by atoms with Crippen molar-refractivity contribution in [2.24, 2.45) is 0 Å². The Kier molecular flexibility index (Phi) is 5.24. The number of rotatable bonds is 7. The molecule has 5 nitrogen and oxygen atoms in total. The summed E-state index contributed by atoms with van der Waals surface area (Å²) < 4.78 is 26.8. The van der Waals surface area contributed by atoms with Crippen LogP contribution < -0.4 is 10.0 Å². The SMILES string of the molecule is CNCc1ccc(S(=O)(=O)NCCc2cscn2)cc1. The Hall–Kier alpha value is -1.28. The Morgan fingerprint density at radius 2 is 2.00 bits per heavy atom. The number of hydrogen-bond acceptors (Lipinski definition) is 5. The lowest BCUT2D eigenvalue weighted by atomic mass is 10.2. The zero-order valence-electron chi connectivity index (χ0n) is 11.2. The first-order valence-corrected chi connectivity index (χ1v) is 8.65. The molecule has 20 heavy (non-hydrogen) atoms. The van der Waals surface area contributed by atoms with Crippen molar-refractivity contribution in [3.63, 3.8) is 0 Å². The van der Waals surface area contributed by atoms with Gasteiger partial charge in [0.05, 0.1) is 16.1 Å². The van der Waals surface area contributed by atoms with E-state index in [1.807, 2.05) is 24.6 Å². The molecule has 1 heterocycles. The van der Waals surface area contributed by atoms with Crippen molar-refractivity contribution in [3.05, 3.63) is 46.4 Å². The molecule has 0 saturated heterocycles. The van der Waals surface area contributed by atoms with Crippen LogP contribution in [0.3, 0.4) is 0 Å².